The van der Waals surface area contributed by atoms with Crippen LogP contribution in [0.25, 0.3) is 0 Å². The molecule has 0 aromatic heterocycles. The second kappa shape index (κ2) is 5.99. The first-order chi connectivity index (χ1) is 9.06. The third kappa shape index (κ3) is 3.65. The highest BCUT2D eigenvalue weighted by Crippen LogP contribution is 2.21. The summed E-state index contributed by atoms with van der Waals surface area (Å²) in [5.41, 5.74) is 1.70. The number of rotatable bonds is 4. The molecule has 0 saturated carbocycles. The molecular weight excluding hydrogens is 246 g/mol. The predicted octanol–water partition coefficient (Wildman–Crippen LogP) is 1.65. The number of aryl methyl sites for hydroxylation is 1. The molecular formula is C13H19N3O3. The Morgan fingerprint density at radius 1 is 1.58 bits per heavy atom. The van der Waals surface area contributed by atoms with Crippen LogP contribution in [0.5, 0.6) is 0 Å². The van der Waals surface area contributed by atoms with E-state index in [1.54, 1.807) is 19.1 Å². The number of nitro groups is 1. The summed E-state index contributed by atoms with van der Waals surface area (Å²) >= 11 is 0. The standard InChI is InChI=1S/C13H19N3O3/c1-10-7-11(3-4-13(10)16(17)18)14-8-12-9-15(2)5-6-19-12/h3-4,7,12,14H,5-6,8-9H2,1-2H3. The van der Waals surface area contributed by atoms with E-state index in [1.165, 1.54) is 6.07 Å². The zero-order chi connectivity index (χ0) is 13.8. The molecule has 0 aliphatic carbocycles. The molecule has 1 aliphatic rings. The zero-order valence-electron chi connectivity index (χ0n) is 11.3. The lowest BCUT2D eigenvalue weighted by Crippen LogP contribution is -2.43. The van der Waals surface area contributed by atoms with Gasteiger partial charge < -0.3 is 15.0 Å². The molecule has 1 atom stereocenters. The van der Waals surface area contributed by atoms with Gasteiger partial charge >= 0.3 is 0 Å². The molecule has 104 valence electrons. The monoisotopic (exact) mass is 265 g/mol. The number of ether oxygens (including phenoxy) is 1. The minimum Gasteiger partial charge on any atom is -0.382 e. The van der Waals surface area contributed by atoms with Gasteiger partial charge in [0.25, 0.3) is 5.69 Å². The van der Waals surface area contributed by atoms with E-state index in [0.717, 1.165) is 25.4 Å². The normalized spacial score (nSPS) is 20.2. The van der Waals surface area contributed by atoms with Crippen LogP contribution in [-0.2, 0) is 4.74 Å². The summed E-state index contributed by atoms with van der Waals surface area (Å²) in [7, 11) is 2.07. The van der Waals surface area contributed by atoms with Crippen LogP contribution in [0.4, 0.5) is 11.4 Å². The van der Waals surface area contributed by atoms with Gasteiger partial charge in [-0.25, -0.2) is 0 Å². The lowest BCUT2D eigenvalue weighted by atomic mass is 10.1. The molecule has 1 N–H and O–H groups in total. The van der Waals surface area contributed by atoms with E-state index in [-0.39, 0.29) is 16.7 Å². The van der Waals surface area contributed by atoms with Crippen LogP contribution in [0.3, 0.4) is 0 Å². The van der Waals surface area contributed by atoms with Gasteiger partial charge in [0.1, 0.15) is 0 Å². The molecule has 1 saturated heterocycles. The van der Waals surface area contributed by atoms with Crippen LogP contribution in [0.2, 0.25) is 0 Å². The Morgan fingerprint density at radius 2 is 2.37 bits per heavy atom. The maximum Gasteiger partial charge on any atom is 0.272 e. The Hall–Kier alpha value is -1.66. The number of hydrogen-bond acceptors (Lipinski definition) is 5. The average Bonchev–Trinajstić information content (AvgIpc) is 2.36. The van der Waals surface area contributed by atoms with E-state index in [2.05, 4.69) is 17.3 Å². The first-order valence-corrected chi connectivity index (χ1v) is 6.35. The summed E-state index contributed by atoms with van der Waals surface area (Å²) in [6.07, 6.45) is 0.161. The Kier molecular flexibility index (Phi) is 4.34. The van der Waals surface area contributed by atoms with E-state index < -0.39 is 0 Å². The Bertz CT molecular complexity index is 464. The van der Waals surface area contributed by atoms with Gasteiger partial charge in [0.2, 0.25) is 0 Å². The predicted molar refractivity (Wildman–Crippen MR) is 73.6 cm³/mol. The molecule has 6 nitrogen and oxygen atoms in total. The first kappa shape index (κ1) is 13.8. The van der Waals surface area contributed by atoms with E-state index in [4.69, 9.17) is 4.74 Å². The lowest BCUT2D eigenvalue weighted by Gasteiger charge is -2.30. The summed E-state index contributed by atoms with van der Waals surface area (Å²) in [5.74, 6) is 0. The number of morpholine rings is 1. The second-order valence-corrected chi connectivity index (χ2v) is 4.89. The van der Waals surface area contributed by atoms with Gasteiger partial charge in [-0.2, -0.15) is 0 Å². The number of likely N-dealkylation sites (N-methyl/N-ethyl adjacent to an activating group) is 1. The van der Waals surface area contributed by atoms with Gasteiger partial charge in [0, 0.05) is 37.0 Å². The molecule has 19 heavy (non-hydrogen) atoms. The highest BCUT2D eigenvalue weighted by Gasteiger charge is 2.17. The molecule has 1 fully saturated rings. The summed E-state index contributed by atoms with van der Waals surface area (Å²) in [6, 6.07) is 5.06. The van der Waals surface area contributed by atoms with Crippen LogP contribution in [0.1, 0.15) is 5.56 Å². The van der Waals surface area contributed by atoms with Crippen molar-refractivity contribution in [1.82, 2.24) is 4.90 Å². The van der Waals surface area contributed by atoms with Crippen LogP contribution >= 0.6 is 0 Å². The van der Waals surface area contributed by atoms with Crippen molar-refractivity contribution >= 4 is 11.4 Å². The molecule has 1 aromatic rings. The average molecular weight is 265 g/mol. The van der Waals surface area contributed by atoms with Crippen molar-refractivity contribution in [2.75, 3.05) is 38.6 Å². The highest BCUT2D eigenvalue weighted by atomic mass is 16.6. The summed E-state index contributed by atoms with van der Waals surface area (Å²) < 4.78 is 5.65. The molecule has 2 rings (SSSR count). The number of nitro benzene ring substituents is 1. The van der Waals surface area contributed by atoms with Crippen molar-refractivity contribution in [3.8, 4) is 0 Å². The largest absolute Gasteiger partial charge is 0.382 e. The quantitative estimate of drug-likeness (QED) is 0.662. The smallest absolute Gasteiger partial charge is 0.272 e. The SMILES string of the molecule is Cc1cc(NCC2CN(C)CCO2)ccc1[N+](=O)[O-]. The summed E-state index contributed by atoms with van der Waals surface area (Å²) in [5, 5.41) is 14.0. The van der Waals surface area contributed by atoms with Gasteiger partial charge in [-0.1, -0.05) is 0 Å². The van der Waals surface area contributed by atoms with Gasteiger partial charge in [-0.3, -0.25) is 10.1 Å². The third-order valence-electron chi connectivity index (χ3n) is 3.27. The number of nitrogens with one attached hydrogen (secondary N) is 1. The third-order valence-corrected chi connectivity index (χ3v) is 3.27. The maximum absolute atomic E-state index is 10.7. The fourth-order valence-electron chi connectivity index (χ4n) is 2.19. The molecule has 1 unspecified atom stereocenters. The molecule has 0 amide bonds. The van der Waals surface area contributed by atoms with Crippen molar-refractivity contribution in [2.24, 2.45) is 0 Å². The minimum absolute atomic E-state index is 0.152. The van der Waals surface area contributed by atoms with Gasteiger partial charge in [-0.15, -0.1) is 0 Å². The molecule has 1 aromatic carbocycles. The fourth-order valence-corrected chi connectivity index (χ4v) is 2.19. The van der Waals surface area contributed by atoms with Gasteiger partial charge in [-0.05, 0) is 26.1 Å². The number of anilines is 1. The van der Waals surface area contributed by atoms with Crippen molar-refractivity contribution in [3.05, 3.63) is 33.9 Å². The van der Waals surface area contributed by atoms with Crippen molar-refractivity contribution in [2.45, 2.75) is 13.0 Å². The topological polar surface area (TPSA) is 67.6 Å². The summed E-state index contributed by atoms with van der Waals surface area (Å²) in [4.78, 5) is 12.6. The Balaban J connectivity index is 1.92. The molecule has 6 heteroatoms. The Labute approximate surface area is 112 Å². The van der Waals surface area contributed by atoms with Crippen molar-refractivity contribution < 1.29 is 9.66 Å². The Morgan fingerprint density at radius 3 is 3.00 bits per heavy atom. The van der Waals surface area contributed by atoms with Gasteiger partial charge in [0.05, 0.1) is 17.6 Å². The van der Waals surface area contributed by atoms with Crippen molar-refractivity contribution in [3.63, 3.8) is 0 Å². The molecule has 1 heterocycles. The molecule has 0 spiro atoms. The number of nitrogens with zero attached hydrogens (tertiary/aromatic N) is 2. The molecule has 0 bridgehead atoms. The van der Waals surface area contributed by atoms with Crippen LogP contribution in [0, 0.1) is 17.0 Å². The van der Waals surface area contributed by atoms with E-state index in [0.29, 0.717) is 12.1 Å². The second-order valence-electron chi connectivity index (χ2n) is 4.89. The minimum atomic E-state index is -0.363. The van der Waals surface area contributed by atoms with E-state index >= 15 is 0 Å². The number of benzene rings is 1. The van der Waals surface area contributed by atoms with Crippen LogP contribution in [-0.4, -0.2) is 49.2 Å². The number of hydrogen-bond donors (Lipinski definition) is 1. The lowest BCUT2D eigenvalue weighted by molar-refractivity contribution is -0.385. The molecule has 1 aliphatic heterocycles. The van der Waals surface area contributed by atoms with E-state index in [9.17, 15) is 10.1 Å². The summed E-state index contributed by atoms with van der Waals surface area (Å²) in [6.45, 7) is 5.07. The first-order valence-electron chi connectivity index (χ1n) is 6.35. The molecule has 0 radical (unpaired) electrons. The maximum atomic E-state index is 10.7. The highest BCUT2D eigenvalue weighted by molar-refractivity contribution is 5.53. The van der Waals surface area contributed by atoms with Crippen LogP contribution in [0.15, 0.2) is 18.2 Å². The zero-order valence-corrected chi connectivity index (χ0v) is 11.3. The van der Waals surface area contributed by atoms with Crippen molar-refractivity contribution in [1.29, 1.82) is 0 Å². The fraction of sp³-hybridized carbons (Fsp3) is 0.538. The van der Waals surface area contributed by atoms with E-state index in [1.807, 2.05) is 0 Å². The van der Waals surface area contributed by atoms with Gasteiger partial charge in [0.15, 0.2) is 0 Å². The van der Waals surface area contributed by atoms with Crippen LogP contribution < -0.4 is 5.32 Å².